The molecule has 0 aromatic carbocycles. The predicted octanol–water partition coefficient (Wildman–Crippen LogP) is 5.16. The van der Waals surface area contributed by atoms with Gasteiger partial charge < -0.3 is 14.1 Å². The molecular formula is C18H21Cl2N3O3. The number of nitrogens with zero attached hydrogens (tertiary/aromatic N) is 3. The van der Waals surface area contributed by atoms with Crippen LogP contribution in [0.5, 0.6) is 0 Å². The van der Waals surface area contributed by atoms with Crippen LogP contribution in [0.25, 0.3) is 11.5 Å². The van der Waals surface area contributed by atoms with Crippen molar-refractivity contribution in [3.8, 4) is 11.5 Å². The Morgan fingerprint density at radius 1 is 1.27 bits per heavy atom. The van der Waals surface area contributed by atoms with Crippen molar-refractivity contribution in [3.05, 3.63) is 34.4 Å². The van der Waals surface area contributed by atoms with Gasteiger partial charge in [0.25, 0.3) is 0 Å². The first-order chi connectivity index (χ1) is 12.2. The van der Waals surface area contributed by atoms with E-state index in [1.807, 2.05) is 32.9 Å². The van der Waals surface area contributed by atoms with Gasteiger partial charge in [0.2, 0.25) is 5.28 Å². The normalized spacial score (nSPS) is 16.0. The first kappa shape index (κ1) is 19.0. The van der Waals surface area contributed by atoms with E-state index in [4.69, 9.17) is 32.4 Å². The zero-order valence-electron chi connectivity index (χ0n) is 15.0. The van der Waals surface area contributed by atoms with Crippen molar-refractivity contribution in [2.75, 3.05) is 13.1 Å². The molecule has 8 heteroatoms. The van der Waals surface area contributed by atoms with E-state index in [2.05, 4.69) is 9.97 Å². The summed E-state index contributed by atoms with van der Waals surface area (Å²) in [5, 5.41) is 0.503. The lowest BCUT2D eigenvalue weighted by molar-refractivity contribution is 0.0200. The molecule has 0 atom stereocenters. The predicted molar refractivity (Wildman–Crippen MR) is 99.5 cm³/mol. The summed E-state index contributed by atoms with van der Waals surface area (Å²) in [7, 11) is 0. The first-order valence-electron chi connectivity index (χ1n) is 8.49. The van der Waals surface area contributed by atoms with Gasteiger partial charge in [-0.1, -0.05) is 11.6 Å². The molecule has 2 aromatic heterocycles. The van der Waals surface area contributed by atoms with Crippen molar-refractivity contribution in [1.82, 2.24) is 14.9 Å². The molecule has 1 aliphatic heterocycles. The van der Waals surface area contributed by atoms with E-state index >= 15 is 0 Å². The zero-order chi connectivity index (χ0) is 18.9. The van der Waals surface area contributed by atoms with Crippen molar-refractivity contribution >= 4 is 29.3 Å². The summed E-state index contributed by atoms with van der Waals surface area (Å²) >= 11 is 12.0. The van der Waals surface area contributed by atoms with E-state index in [0.717, 1.165) is 18.6 Å². The lowest BCUT2D eigenvalue weighted by Crippen LogP contribution is -2.41. The van der Waals surface area contributed by atoms with E-state index < -0.39 is 5.60 Å². The maximum atomic E-state index is 12.2. The minimum absolute atomic E-state index is 0.119. The fourth-order valence-electron chi connectivity index (χ4n) is 2.89. The van der Waals surface area contributed by atoms with Crippen LogP contribution in [0.3, 0.4) is 0 Å². The molecule has 1 aliphatic rings. The van der Waals surface area contributed by atoms with Crippen LogP contribution in [0.1, 0.15) is 45.3 Å². The summed E-state index contributed by atoms with van der Waals surface area (Å²) in [6.07, 6.45) is 2.81. The van der Waals surface area contributed by atoms with E-state index in [-0.39, 0.29) is 17.3 Å². The van der Waals surface area contributed by atoms with Crippen LogP contribution in [-0.2, 0) is 4.74 Å². The molecule has 26 heavy (non-hydrogen) atoms. The average molecular weight is 398 g/mol. The molecule has 0 N–H and O–H groups in total. The molecule has 3 rings (SSSR count). The Balaban J connectivity index is 1.65. The number of hydrogen-bond donors (Lipinski definition) is 0. The fourth-order valence-corrected chi connectivity index (χ4v) is 3.21. The molecule has 1 saturated heterocycles. The molecule has 1 amide bonds. The number of rotatable bonds is 2. The molecule has 0 spiro atoms. The molecule has 0 bridgehead atoms. The van der Waals surface area contributed by atoms with Crippen LogP contribution in [0.4, 0.5) is 4.79 Å². The van der Waals surface area contributed by atoms with E-state index in [1.165, 1.54) is 6.20 Å². The lowest BCUT2D eigenvalue weighted by atomic mass is 9.95. The molecule has 2 aromatic rings. The summed E-state index contributed by atoms with van der Waals surface area (Å²) in [6, 6.07) is 3.76. The molecular weight excluding hydrogens is 377 g/mol. The van der Waals surface area contributed by atoms with Gasteiger partial charge in [0.05, 0.1) is 11.2 Å². The Morgan fingerprint density at radius 3 is 2.62 bits per heavy atom. The number of ether oxygens (including phenoxy) is 1. The molecule has 1 fully saturated rings. The number of furan rings is 1. The number of aromatic nitrogens is 2. The summed E-state index contributed by atoms with van der Waals surface area (Å²) in [6.45, 7) is 6.87. The Hall–Kier alpha value is -1.79. The molecule has 6 nitrogen and oxygen atoms in total. The van der Waals surface area contributed by atoms with Gasteiger partial charge in [-0.15, -0.1) is 0 Å². The number of likely N-dealkylation sites (tertiary alicyclic amines) is 1. The number of halogens is 2. The second kappa shape index (κ2) is 7.45. The van der Waals surface area contributed by atoms with Crippen LogP contribution in [-0.4, -0.2) is 39.7 Å². The number of carbonyl (C=O) groups excluding carboxylic acids is 1. The third-order valence-corrected chi connectivity index (χ3v) is 4.58. The molecule has 0 saturated carbocycles. The lowest BCUT2D eigenvalue weighted by Gasteiger charge is -2.32. The van der Waals surface area contributed by atoms with Crippen LogP contribution in [0.2, 0.25) is 10.3 Å². The van der Waals surface area contributed by atoms with Gasteiger partial charge in [-0.25, -0.2) is 14.8 Å². The highest BCUT2D eigenvalue weighted by atomic mass is 35.5. The number of amides is 1. The quantitative estimate of drug-likeness (QED) is 0.654. The first-order valence-corrected chi connectivity index (χ1v) is 9.24. The summed E-state index contributed by atoms with van der Waals surface area (Å²) < 4.78 is 11.4. The third kappa shape index (κ3) is 4.48. The summed E-state index contributed by atoms with van der Waals surface area (Å²) in [4.78, 5) is 21.9. The summed E-state index contributed by atoms with van der Waals surface area (Å²) in [5.74, 6) is 1.65. The van der Waals surface area contributed by atoms with Gasteiger partial charge in [-0.2, -0.15) is 0 Å². The molecule has 0 aliphatic carbocycles. The summed E-state index contributed by atoms with van der Waals surface area (Å²) in [5.41, 5.74) is -0.00817. The Labute approximate surface area is 162 Å². The van der Waals surface area contributed by atoms with Gasteiger partial charge in [0.1, 0.15) is 17.1 Å². The van der Waals surface area contributed by atoms with Gasteiger partial charge in [-0.3, -0.25) is 0 Å². The molecule has 0 unspecified atom stereocenters. The van der Waals surface area contributed by atoms with Crippen molar-refractivity contribution in [3.63, 3.8) is 0 Å². The Kier molecular flexibility index (Phi) is 5.44. The van der Waals surface area contributed by atoms with Crippen molar-refractivity contribution in [2.24, 2.45) is 0 Å². The standard InChI is InChI=1S/C18H21Cl2N3O3/c1-18(2,3)26-17(24)23-8-6-11(7-9-23)13-4-5-14(25-13)15-12(19)10-21-16(20)22-15/h4-5,10-11H,6-9H2,1-3H3. The monoisotopic (exact) mass is 397 g/mol. The molecule has 3 heterocycles. The number of hydrogen-bond acceptors (Lipinski definition) is 5. The van der Waals surface area contributed by atoms with Crippen molar-refractivity contribution < 1.29 is 13.9 Å². The second-order valence-electron chi connectivity index (χ2n) is 7.28. The minimum atomic E-state index is -0.484. The Bertz CT molecular complexity index is 793. The van der Waals surface area contributed by atoms with Gasteiger partial charge in [0.15, 0.2) is 5.76 Å². The van der Waals surface area contributed by atoms with Crippen LogP contribution in [0, 0.1) is 0 Å². The van der Waals surface area contributed by atoms with E-state index in [1.54, 1.807) is 4.90 Å². The number of piperidine rings is 1. The SMILES string of the molecule is CC(C)(C)OC(=O)N1CCC(c2ccc(-c3nc(Cl)ncc3Cl)o2)CC1. The fraction of sp³-hybridized carbons (Fsp3) is 0.500. The highest BCUT2D eigenvalue weighted by molar-refractivity contribution is 6.33. The van der Waals surface area contributed by atoms with Crippen LogP contribution >= 0.6 is 23.2 Å². The minimum Gasteiger partial charge on any atom is -0.459 e. The zero-order valence-corrected chi connectivity index (χ0v) is 16.5. The maximum Gasteiger partial charge on any atom is 0.410 e. The van der Waals surface area contributed by atoms with Crippen LogP contribution < -0.4 is 0 Å². The average Bonchev–Trinajstić information content (AvgIpc) is 3.05. The van der Waals surface area contributed by atoms with E-state index in [0.29, 0.717) is 29.6 Å². The van der Waals surface area contributed by atoms with Crippen LogP contribution in [0.15, 0.2) is 22.7 Å². The maximum absolute atomic E-state index is 12.2. The highest BCUT2D eigenvalue weighted by Crippen LogP contribution is 2.34. The number of carbonyl (C=O) groups is 1. The molecule has 0 radical (unpaired) electrons. The highest BCUT2D eigenvalue weighted by Gasteiger charge is 2.29. The van der Waals surface area contributed by atoms with Crippen molar-refractivity contribution in [1.29, 1.82) is 0 Å². The smallest absolute Gasteiger partial charge is 0.410 e. The Morgan fingerprint density at radius 2 is 1.96 bits per heavy atom. The topological polar surface area (TPSA) is 68.5 Å². The van der Waals surface area contributed by atoms with Gasteiger partial charge in [-0.05, 0) is 57.3 Å². The second-order valence-corrected chi connectivity index (χ2v) is 8.02. The molecule has 140 valence electrons. The van der Waals surface area contributed by atoms with E-state index in [9.17, 15) is 4.79 Å². The largest absolute Gasteiger partial charge is 0.459 e. The third-order valence-electron chi connectivity index (χ3n) is 4.12. The van der Waals surface area contributed by atoms with Crippen molar-refractivity contribution in [2.45, 2.75) is 45.1 Å². The van der Waals surface area contributed by atoms with Gasteiger partial charge >= 0.3 is 6.09 Å². The van der Waals surface area contributed by atoms with Gasteiger partial charge in [0, 0.05) is 19.0 Å².